The smallest absolute Gasteiger partial charge is 0.326 e. The first kappa shape index (κ1) is 14.3. The number of amides is 2. The van der Waals surface area contributed by atoms with Gasteiger partial charge in [-0.1, -0.05) is 19.8 Å². The van der Waals surface area contributed by atoms with E-state index in [4.69, 9.17) is 5.11 Å². The number of carbonyl (C=O) groups excluding carboxylic acids is 1. The van der Waals surface area contributed by atoms with Crippen molar-refractivity contribution < 1.29 is 14.7 Å². The summed E-state index contributed by atoms with van der Waals surface area (Å²) in [5.41, 5.74) is 0. The van der Waals surface area contributed by atoms with Crippen molar-refractivity contribution in [3.63, 3.8) is 0 Å². The Balaban J connectivity index is 4.11. The molecule has 0 fully saturated rings. The number of urea groups is 1. The summed E-state index contributed by atoms with van der Waals surface area (Å²) in [6, 6.07) is -1.36. The molecule has 0 aliphatic rings. The first-order valence-corrected chi connectivity index (χ1v) is 5.14. The third-order valence-electron chi connectivity index (χ3n) is 1.82. The van der Waals surface area contributed by atoms with E-state index in [0.29, 0.717) is 6.42 Å². The Labute approximate surface area is 95.6 Å². The molecule has 1 atom stereocenters. The maximum atomic E-state index is 11.3. The van der Waals surface area contributed by atoms with Crippen LogP contribution in [0.3, 0.4) is 0 Å². The highest BCUT2D eigenvalue weighted by Gasteiger charge is 2.20. The molecule has 3 N–H and O–H groups in total. The lowest BCUT2D eigenvalue weighted by Gasteiger charge is -2.16. The van der Waals surface area contributed by atoms with E-state index in [0.717, 1.165) is 0 Å². The van der Waals surface area contributed by atoms with E-state index in [1.54, 1.807) is 6.92 Å². The molecule has 5 nitrogen and oxygen atoms in total. The molecule has 0 aromatic rings. The average molecular weight is 226 g/mol. The molecule has 0 rings (SSSR count). The topological polar surface area (TPSA) is 78.4 Å². The largest absolute Gasteiger partial charge is 0.480 e. The van der Waals surface area contributed by atoms with Gasteiger partial charge in [-0.25, -0.2) is 9.59 Å². The Bertz CT molecular complexity index is 302. The van der Waals surface area contributed by atoms with Gasteiger partial charge >= 0.3 is 12.0 Å². The SMILES string of the molecule is CC#CCNC(=O)N[C@H](CC(C)C)C(=O)O. The van der Waals surface area contributed by atoms with Crippen LogP contribution in [0.1, 0.15) is 27.2 Å². The molecule has 0 unspecified atom stereocenters. The minimum atomic E-state index is -1.02. The van der Waals surface area contributed by atoms with Crippen molar-refractivity contribution in [2.24, 2.45) is 5.92 Å². The van der Waals surface area contributed by atoms with Crippen LogP contribution in [0.5, 0.6) is 0 Å². The number of hydrogen-bond donors (Lipinski definition) is 3. The minimum absolute atomic E-state index is 0.205. The number of rotatable bonds is 5. The quantitative estimate of drug-likeness (QED) is 0.607. The fourth-order valence-corrected chi connectivity index (χ4v) is 1.12. The van der Waals surface area contributed by atoms with Crippen LogP contribution < -0.4 is 10.6 Å². The van der Waals surface area contributed by atoms with Crippen LogP contribution in [0.4, 0.5) is 4.79 Å². The van der Waals surface area contributed by atoms with Gasteiger partial charge in [0, 0.05) is 0 Å². The molecule has 2 amide bonds. The lowest BCUT2D eigenvalue weighted by Crippen LogP contribution is -2.46. The summed E-state index contributed by atoms with van der Waals surface area (Å²) in [5.74, 6) is 4.46. The second-order valence-electron chi connectivity index (χ2n) is 3.77. The maximum Gasteiger partial charge on any atom is 0.326 e. The number of hydrogen-bond acceptors (Lipinski definition) is 2. The summed E-state index contributed by atoms with van der Waals surface area (Å²) in [4.78, 5) is 22.1. The van der Waals surface area contributed by atoms with Gasteiger partial charge in [0.25, 0.3) is 0 Å². The third-order valence-corrected chi connectivity index (χ3v) is 1.82. The first-order chi connectivity index (χ1) is 7.47. The molecule has 0 saturated carbocycles. The van der Waals surface area contributed by atoms with Crippen LogP contribution in [0.2, 0.25) is 0 Å². The second kappa shape index (κ2) is 7.57. The van der Waals surface area contributed by atoms with Gasteiger partial charge in [0.05, 0.1) is 6.54 Å². The third kappa shape index (κ3) is 6.71. The summed E-state index contributed by atoms with van der Waals surface area (Å²) in [7, 11) is 0. The summed E-state index contributed by atoms with van der Waals surface area (Å²) in [5, 5.41) is 13.7. The van der Waals surface area contributed by atoms with Gasteiger partial charge in [-0.3, -0.25) is 0 Å². The molecule has 0 aromatic heterocycles. The van der Waals surface area contributed by atoms with Gasteiger partial charge in [-0.2, -0.15) is 0 Å². The van der Waals surface area contributed by atoms with Crippen molar-refractivity contribution in [3.05, 3.63) is 0 Å². The Morgan fingerprint density at radius 3 is 2.44 bits per heavy atom. The number of nitrogens with one attached hydrogen (secondary N) is 2. The highest BCUT2D eigenvalue weighted by atomic mass is 16.4. The van der Waals surface area contributed by atoms with Crippen LogP contribution in [0.25, 0.3) is 0 Å². The predicted molar refractivity (Wildman–Crippen MR) is 60.9 cm³/mol. The van der Waals surface area contributed by atoms with Crippen LogP contribution in [0.15, 0.2) is 0 Å². The highest BCUT2D eigenvalue weighted by molar-refractivity contribution is 5.82. The molecular weight excluding hydrogens is 208 g/mol. The lowest BCUT2D eigenvalue weighted by atomic mass is 10.0. The molecule has 0 spiro atoms. The Hall–Kier alpha value is -1.70. The van der Waals surface area contributed by atoms with Crippen molar-refractivity contribution in [1.82, 2.24) is 10.6 Å². The molecule has 0 heterocycles. The molecule has 0 radical (unpaired) electrons. The number of carboxylic acids is 1. The van der Waals surface area contributed by atoms with Gasteiger partial charge < -0.3 is 15.7 Å². The fourth-order valence-electron chi connectivity index (χ4n) is 1.12. The predicted octanol–water partition coefficient (Wildman–Crippen LogP) is 0.808. The van der Waals surface area contributed by atoms with Crippen LogP contribution >= 0.6 is 0 Å². The second-order valence-corrected chi connectivity index (χ2v) is 3.77. The van der Waals surface area contributed by atoms with Gasteiger partial charge in [0.15, 0.2) is 0 Å². The molecule has 0 aliphatic heterocycles. The van der Waals surface area contributed by atoms with Crippen LogP contribution in [-0.2, 0) is 4.79 Å². The maximum absolute atomic E-state index is 11.3. The standard InChI is InChI=1S/C11H18N2O3/c1-4-5-6-12-11(16)13-9(10(14)15)7-8(2)3/h8-9H,6-7H2,1-3H3,(H,14,15)(H2,12,13,16)/t9-/m1/s1. The van der Waals surface area contributed by atoms with Crippen molar-refractivity contribution >= 4 is 12.0 Å². The zero-order chi connectivity index (χ0) is 12.6. The van der Waals surface area contributed by atoms with E-state index in [2.05, 4.69) is 22.5 Å². The lowest BCUT2D eigenvalue weighted by molar-refractivity contribution is -0.139. The van der Waals surface area contributed by atoms with Gasteiger partial charge in [0.2, 0.25) is 0 Å². The normalized spacial score (nSPS) is 11.2. The van der Waals surface area contributed by atoms with E-state index in [1.165, 1.54) is 0 Å². The summed E-state index contributed by atoms with van der Waals surface area (Å²) in [6.45, 7) is 5.69. The Morgan fingerprint density at radius 2 is 2.00 bits per heavy atom. The number of aliphatic carboxylic acids is 1. The van der Waals surface area contributed by atoms with Gasteiger partial charge in [-0.15, -0.1) is 5.92 Å². The monoisotopic (exact) mass is 226 g/mol. The number of carboxylic acid groups (broad SMARTS) is 1. The van der Waals surface area contributed by atoms with E-state index in [-0.39, 0.29) is 12.5 Å². The van der Waals surface area contributed by atoms with E-state index in [9.17, 15) is 9.59 Å². The molecule has 5 heteroatoms. The molecule has 0 saturated heterocycles. The molecule has 0 aliphatic carbocycles. The summed E-state index contributed by atoms with van der Waals surface area (Å²) in [6.07, 6.45) is 0.405. The summed E-state index contributed by atoms with van der Waals surface area (Å²) >= 11 is 0. The van der Waals surface area contributed by atoms with E-state index in [1.807, 2.05) is 13.8 Å². The van der Waals surface area contributed by atoms with Crippen molar-refractivity contribution in [1.29, 1.82) is 0 Å². The van der Waals surface area contributed by atoms with Crippen molar-refractivity contribution in [2.75, 3.05) is 6.54 Å². The average Bonchev–Trinajstić information content (AvgIpc) is 2.16. The van der Waals surface area contributed by atoms with E-state index >= 15 is 0 Å². The zero-order valence-electron chi connectivity index (χ0n) is 9.83. The molecule has 90 valence electrons. The molecule has 0 aromatic carbocycles. The number of carbonyl (C=O) groups is 2. The highest BCUT2D eigenvalue weighted by Crippen LogP contribution is 2.04. The van der Waals surface area contributed by atoms with Crippen LogP contribution in [-0.4, -0.2) is 29.7 Å². The fraction of sp³-hybridized carbons (Fsp3) is 0.636. The Kier molecular flexibility index (Phi) is 6.77. The van der Waals surface area contributed by atoms with Crippen molar-refractivity contribution in [3.8, 4) is 11.8 Å². The van der Waals surface area contributed by atoms with Gasteiger partial charge in [-0.05, 0) is 19.3 Å². The zero-order valence-corrected chi connectivity index (χ0v) is 9.83. The molecular formula is C11H18N2O3. The Morgan fingerprint density at radius 1 is 1.38 bits per heavy atom. The first-order valence-electron chi connectivity index (χ1n) is 5.14. The molecule has 0 bridgehead atoms. The minimum Gasteiger partial charge on any atom is -0.480 e. The summed E-state index contributed by atoms with van der Waals surface area (Å²) < 4.78 is 0. The van der Waals surface area contributed by atoms with Crippen molar-refractivity contribution in [2.45, 2.75) is 33.2 Å². The van der Waals surface area contributed by atoms with Gasteiger partial charge in [0.1, 0.15) is 6.04 Å². The molecule has 16 heavy (non-hydrogen) atoms. The van der Waals surface area contributed by atoms with Crippen LogP contribution in [0, 0.1) is 17.8 Å². The van der Waals surface area contributed by atoms with E-state index < -0.39 is 18.0 Å².